The fraction of sp³-hybridized carbons (Fsp3) is 0.167. The van der Waals surface area contributed by atoms with Crippen molar-refractivity contribution in [1.82, 2.24) is 5.43 Å². The quantitative estimate of drug-likeness (QED) is 0.254. The fourth-order valence-electron chi connectivity index (χ4n) is 2.78. The minimum Gasteiger partial charge on any atom is -0.493 e. The highest BCUT2D eigenvalue weighted by Gasteiger charge is 2.11. The number of benzene rings is 3. The molecule has 0 atom stereocenters. The van der Waals surface area contributed by atoms with Gasteiger partial charge < -0.3 is 9.47 Å². The minimum absolute atomic E-state index is 0.179. The van der Waals surface area contributed by atoms with Gasteiger partial charge >= 0.3 is 0 Å². The molecule has 0 radical (unpaired) electrons. The van der Waals surface area contributed by atoms with E-state index in [0.717, 1.165) is 21.2 Å². The first-order chi connectivity index (χ1) is 15.5. The largest absolute Gasteiger partial charge is 0.493 e. The van der Waals surface area contributed by atoms with Crippen LogP contribution in [0.5, 0.6) is 11.5 Å². The summed E-state index contributed by atoms with van der Waals surface area (Å²) < 4.78 is 12.1. The zero-order valence-electron chi connectivity index (χ0n) is 17.4. The summed E-state index contributed by atoms with van der Waals surface area (Å²) in [4.78, 5) is 12.0. The van der Waals surface area contributed by atoms with Gasteiger partial charge in [-0.25, -0.2) is 5.43 Å². The minimum atomic E-state index is -0.179. The summed E-state index contributed by atoms with van der Waals surface area (Å²) >= 11 is 11.0. The molecule has 0 aliphatic heterocycles. The first-order valence-corrected chi connectivity index (χ1v) is 12.1. The topological polar surface area (TPSA) is 59.9 Å². The molecule has 1 amide bonds. The van der Waals surface area contributed by atoms with Crippen molar-refractivity contribution >= 4 is 51.4 Å². The standard InChI is InChI=1S/C24H22BrClN2O3S/c1-30-22-12-19(11-21(25)24(22)31-14-17-6-3-2-4-7-17)13-27-28-23(29)16-32-15-18-8-5-9-20(26)10-18/h2-13H,14-16H2,1H3,(H,28,29)/b27-13+. The molecule has 0 bridgehead atoms. The number of ether oxygens (including phenoxy) is 2. The Bertz CT molecular complexity index is 1080. The predicted octanol–water partition coefficient (Wildman–Crippen LogP) is 6.07. The van der Waals surface area contributed by atoms with Crippen molar-refractivity contribution in [3.05, 3.63) is 92.9 Å². The van der Waals surface area contributed by atoms with Crippen LogP contribution in [0.2, 0.25) is 5.02 Å². The van der Waals surface area contributed by atoms with Crippen LogP contribution in [-0.2, 0) is 17.2 Å². The van der Waals surface area contributed by atoms with E-state index in [4.69, 9.17) is 21.1 Å². The molecular weight excluding hydrogens is 512 g/mol. The third-order valence-electron chi connectivity index (χ3n) is 4.27. The molecule has 0 aromatic heterocycles. The van der Waals surface area contributed by atoms with E-state index < -0.39 is 0 Å². The lowest BCUT2D eigenvalue weighted by molar-refractivity contribution is -0.118. The Labute approximate surface area is 205 Å². The molecular formula is C24H22BrClN2O3S. The van der Waals surface area contributed by atoms with Crippen LogP contribution in [0.25, 0.3) is 0 Å². The normalized spacial score (nSPS) is 10.8. The smallest absolute Gasteiger partial charge is 0.250 e. The van der Waals surface area contributed by atoms with Crippen LogP contribution in [0.15, 0.2) is 76.3 Å². The maximum atomic E-state index is 12.0. The first-order valence-electron chi connectivity index (χ1n) is 9.73. The Hall–Kier alpha value is -2.48. The van der Waals surface area contributed by atoms with Gasteiger partial charge in [0, 0.05) is 10.8 Å². The zero-order chi connectivity index (χ0) is 22.8. The van der Waals surface area contributed by atoms with Gasteiger partial charge in [0.15, 0.2) is 11.5 Å². The summed E-state index contributed by atoms with van der Waals surface area (Å²) in [5, 5.41) is 4.73. The lowest BCUT2D eigenvalue weighted by Crippen LogP contribution is -2.19. The molecule has 3 rings (SSSR count). The SMILES string of the molecule is COc1cc(/C=N/NC(=O)CSCc2cccc(Cl)c2)cc(Br)c1OCc1ccccc1. The summed E-state index contributed by atoms with van der Waals surface area (Å²) in [7, 11) is 1.58. The summed E-state index contributed by atoms with van der Waals surface area (Å²) in [6.45, 7) is 0.423. The molecule has 166 valence electrons. The van der Waals surface area contributed by atoms with Gasteiger partial charge in [-0.1, -0.05) is 54.1 Å². The molecule has 0 saturated heterocycles. The Kier molecular flexibility index (Phi) is 9.46. The number of nitrogens with one attached hydrogen (secondary N) is 1. The number of rotatable bonds is 10. The molecule has 32 heavy (non-hydrogen) atoms. The molecule has 3 aromatic carbocycles. The molecule has 0 saturated carbocycles. The van der Waals surface area contributed by atoms with Gasteiger partial charge in [-0.05, 0) is 56.9 Å². The van der Waals surface area contributed by atoms with Crippen molar-refractivity contribution in [2.75, 3.05) is 12.9 Å². The summed E-state index contributed by atoms with van der Waals surface area (Å²) in [5.74, 6) is 1.99. The van der Waals surface area contributed by atoms with E-state index >= 15 is 0 Å². The zero-order valence-corrected chi connectivity index (χ0v) is 20.5. The van der Waals surface area contributed by atoms with Crippen LogP contribution >= 0.6 is 39.3 Å². The van der Waals surface area contributed by atoms with Crippen molar-refractivity contribution in [3.63, 3.8) is 0 Å². The molecule has 0 heterocycles. The number of amides is 1. The Morgan fingerprint density at radius 1 is 1.12 bits per heavy atom. The molecule has 0 aliphatic rings. The summed E-state index contributed by atoms with van der Waals surface area (Å²) in [5.41, 5.74) is 5.43. The third kappa shape index (κ3) is 7.58. The molecule has 0 spiro atoms. The molecule has 8 heteroatoms. The van der Waals surface area contributed by atoms with Crippen LogP contribution in [0, 0.1) is 0 Å². The summed E-state index contributed by atoms with van der Waals surface area (Å²) in [6.07, 6.45) is 1.56. The Morgan fingerprint density at radius 3 is 2.66 bits per heavy atom. The monoisotopic (exact) mass is 532 g/mol. The molecule has 1 N–H and O–H groups in total. The van der Waals surface area contributed by atoms with Gasteiger partial charge in [0.05, 0.1) is 23.5 Å². The number of hydrogen-bond acceptors (Lipinski definition) is 5. The van der Waals surface area contributed by atoms with Crippen molar-refractivity contribution in [3.8, 4) is 11.5 Å². The van der Waals surface area contributed by atoms with Crippen molar-refractivity contribution in [1.29, 1.82) is 0 Å². The number of thioether (sulfide) groups is 1. The molecule has 0 aliphatic carbocycles. The first kappa shape index (κ1) is 24.2. The highest BCUT2D eigenvalue weighted by atomic mass is 79.9. The van der Waals surface area contributed by atoms with E-state index in [1.165, 1.54) is 11.8 Å². The van der Waals surface area contributed by atoms with Crippen LogP contribution in [0.3, 0.4) is 0 Å². The van der Waals surface area contributed by atoms with Gasteiger partial charge in [0.25, 0.3) is 0 Å². The van der Waals surface area contributed by atoms with E-state index in [0.29, 0.717) is 34.6 Å². The van der Waals surface area contributed by atoms with E-state index in [-0.39, 0.29) is 5.91 Å². The van der Waals surface area contributed by atoms with Crippen LogP contribution in [0.4, 0.5) is 0 Å². The van der Waals surface area contributed by atoms with Crippen molar-refractivity contribution in [2.24, 2.45) is 5.10 Å². The molecule has 5 nitrogen and oxygen atoms in total. The molecule has 0 fully saturated rings. The highest BCUT2D eigenvalue weighted by Crippen LogP contribution is 2.36. The van der Waals surface area contributed by atoms with Gasteiger partial charge in [-0.15, -0.1) is 11.8 Å². The number of hydrogen-bond donors (Lipinski definition) is 1. The van der Waals surface area contributed by atoms with Gasteiger partial charge in [-0.3, -0.25) is 4.79 Å². The number of halogens is 2. The second-order valence-corrected chi connectivity index (χ2v) is 9.00. The average molecular weight is 534 g/mol. The van der Waals surface area contributed by atoms with Crippen LogP contribution in [-0.4, -0.2) is 25.0 Å². The number of hydrazone groups is 1. The Balaban J connectivity index is 1.52. The number of carbonyl (C=O) groups is 1. The van der Waals surface area contributed by atoms with E-state index in [9.17, 15) is 4.79 Å². The highest BCUT2D eigenvalue weighted by molar-refractivity contribution is 9.10. The lowest BCUT2D eigenvalue weighted by Gasteiger charge is -2.13. The van der Waals surface area contributed by atoms with E-state index in [1.807, 2.05) is 60.7 Å². The van der Waals surface area contributed by atoms with E-state index in [2.05, 4.69) is 26.5 Å². The molecule has 3 aromatic rings. The average Bonchev–Trinajstić information content (AvgIpc) is 2.79. The number of methoxy groups -OCH3 is 1. The number of carbonyl (C=O) groups excluding carboxylic acids is 1. The van der Waals surface area contributed by atoms with Crippen LogP contribution in [0.1, 0.15) is 16.7 Å². The molecule has 0 unspecified atom stereocenters. The second-order valence-electron chi connectivity index (χ2n) is 6.72. The fourth-order valence-corrected chi connectivity index (χ4v) is 4.34. The van der Waals surface area contributed by atoms with Gasteiger partial charge in [-0.2, -0.15) is 5.10 Å². The van der Waals surface area contributed by atoms with Crippen LogP contribution < -0.4 is 14.9 Å². The van der Waals surface area contributed by atoms with Crippen molar-refractivity contribution < 1.29 is 14.3 Å². The Morgan fingerprint density at radius 2 is 1.91 bits per heavy atom. The van der Waals surface area contributed by atoms with Gasteiger partial charge in [0.2, 0.25) is 5.91 Å². The van der Waals surface area contributed by atoms with E-state index in [1.54, 1.807) is 19.4 Å². The predicted molar refractivity (Wildman–Crippen MR) is 135 cm³/mol. The maximum Gasteiger partial charge on any atom is 0.250 e. The maximum absolute atomic E-state index is 12.0. The lowest BCUT2D eigenvalue weighted by atomic mass is 10.2. The second kappa shape index (κ2) is 12.5. The number of nitrogens with zero attached hydrogens (tertiary/aromatic N) is 1. The van der Waals surface area contributed by atoms with Crippen molar-refractivity contribution in [2.45, 2.75) is 12.4 Å². The van der Waals surface area contributed by atoms with Gasteiger partial charge in [0.1, 0.15) is 6.61 Å². The third-order valence-corrected chi connectivity index (χ3v) is 6.10. The summed E-state index contributed by atoms with van der Waals surface area (Å²) in [6, 6.07) is 21.1.